The van der Waals surface area contributed by atoms with E-state index in [-0.39, 0.29) is 12.6 Å². The van der Waals surface area contributed by atoms with E-state index in [9.17, 15) is 9.90 Å². The molecule has 0 aliphatic carbocycles. The van der Waals surface area contributed by atoms with Crippen molar-refractivity contribution in [2.75, 3.05) is 24.7 Å². The van der Waals surface area contributed by atoms with Crippen molar-refractivity contribution in [2.45, 2.75) is 19.4 Å². The topological polar surface area (TPSA) is 75.5 Å². The van der Waals surface area contributed by atoms with Crippen LogP contribution in [0.1, 0.15) is 13.3 Å². The fourth-order valence-corrected chi connectivity index (χ4v) is 3.49. The van der Waals surface area contributed by atoms with Crippen molar-refractivity contribution in [1.82, 2.24) is 9.97 Å². The van der Waals surface area contributed by atoms with E-state index in [0.29, 0.717) is 6.61 Å². The lowest BCUT2D eigenvalue weighted by molar-refractivity contribution is -0.141. The lowest BCUT2D eigenvalue weighted by atomic mass is 10.0. The van der Waals surface area contributed by atoms with Gasteiger partial charge in [0.05, 0.1) is 24.6 Å². The number of carbonyl (C=O) groups is 1. The van der Waals surface area contributed by atoms with Crippen molar-refractivity contribution < 1.29 is 14.6 Å². The highest BCUT2D eigenvalue weighted by molar-refractivity contribution is 7.16. The van der Waals surface area contributed by atoms with E-state index >= 15 is 0 Å². The number of carboxylic acids is 1. The second-order valence-corrected chi connectivity index (χ2v) is 5.97. The van der Waals surface area contributed by atoms with Gasteiger partial charge in [-0.25, -0.2) is 9.97 Å². The standard InChI is InChI=1S/C14H17N3O3S/c1-2-4-17(11-7-20-6-10(11)14(18)19)12-9-3-5-21-13(9)16-8-15-12/h3,5,8,10-11H,2,4,6-7H2,1H3,(H,18,19). The number of nitrogens with zero attached hydrogens (tertiary/aromatic N) is 3. The summed E-state index contributed by atoms with van der Waals surface area (Å²) in [6.07, 6.45) is 2.46. The Labute approximate surface area is 126 Å². The number of hydrogen-bond donors (Lipinski definition) is 1. The van der Waals surface area contributed by atoms with Gasteiger partial charge in [-0.3, -0.25) is 4.79 Å². The molecule has 0 spiro atoms. The quantitative estimate of drug-likeness (QED) is 0.910. The van der Waals surface area contributed by atoms with Crippen LogP contribution in [0, 0.1) is 5.92 Å². The zero-order valence-corrected chi connectivity index (χ0v) is 12.5. The van der Waals surface area contributed by atoms with Gasteiger partial charge in [-0.1, -0.05) is 6.92 Å². The number of ether oxygens (including phenoxy) is 1. The van der Waals surface area contributed by atoms with Gasteiger partial charge in [-0.15, -0.1) is 11.3 Å². The van der Waals surface area contributed by atoms with Crippen molar-refractivity contribution in [3.05, 3.63) is 17.8 Å². The maximum atomic E-state index is 11.4. The summed E-state index contributed by atoms with van der Waals surface area (Å²) in [4.78, 5) is 23.1. The first-order valence-electron chi connectivity index (χ1n) is 6.97. The molecule has 0 saturated carbocycles. The lowest BCUT2D eigenvalue weighted by Crippen LogP contribution is -2.44. The Morgan fingerprint density at radius 2 is 2.38 bits per heavy atom. The fraction of sp³-hybridized carbons (Fsp3) is 0.500. The average molecular weight is 307 g/mol. The summed E-state index contributed by atoms with van der Waals surface area (Å²) < 4.78 is 5.41. The van der Waals surface area contributed by atoms with Gasteiger partial charge < -0.3 is 14.7 Å². The molecule has 1 N–H and O–H groups in total. The number of aromatic nitrogens is 2. The van der Waals surface area contributed by atoms with Crippen LogP contribution in [0.4, 0.5) is 5.82 Å². The summed E-state index contributed by atoms with van der Waals surface area (Å²) >= 11 is 1.56. The van der Waals surface area contributed by atoms with Crippen LogP contribution < -0.4 is 4.90 Å². The van der Waals surface area contributed by atoms with E-state index in [2.05, 4.69) is 21.8 Å². The van der Waals surface area contributed by atoms with Gasteiger partial charge in [0.1, 0.15) is 22.9 Å². The molecule has 1 aliphatic rings. The first-order chi connectivity index (χ1) is 10.2. The van der Waals surface area contributed by atoms with Crippen LogP contribution in [0.3, 0.4) is 0 Å². The summed E-state index contributed by atoms with van der Waals surface area (Å²) in [5.41, 5.74) is 0. The molecule has 3 heterocycles. The van der Waals surface area contributed by atoms with E-state index in [1.807, 2.05) is 11.4 Å². The van der Waals surface area contributed by atoms with Gasteiger partial charge in [0.2, 0.25) is 0 Å². The van der Waals surface area contributed by atoms with Crippen molar-refractivity contribution in [2.24, 2.45) is 5.92 Å². The zero-order chi connectivity index (χ0) is 14.8. The highest BCUT2D eigenvalue weighted by atomic mass is 32.1. The van der Waals surface area contributed by atoms with Gasteiger partial charge in [0.25, 0.3) is 0 Å². The summed E-state index contributed by atoms with van der Waals surface area (Å²) in [6, 6.07) is 1.81. The molecule has 3 rings (SSSR count). The summed E-state index contributed by atoms with van der Waals surface area (Å²) in [5.74, 6) is -0.515. The monoisotopic (exact) mass is 307 g/mol. The van der Waals surface area contributed by atoms with Crippen molar-refractivity contribution in [3.8, 4) is 0 Å². The van der Waals surface area contributed by atoms with Crippen LogP contribution in [0.2, 0.25) is 0 Å². The molecular formula is C14H17N3O3S. The third-order valence-corrected chi connectivity index (χ3v) is 4.57. The van der Waals surface area contributed by atoms with E-state index in [4.69, 9.17) is 4.74 Å². The van der Waals surface area contributed by atoms with Gasteiger partial charge in [0.15, 0.2) is 0 Å². The molecule has 1 fully saturated rings. The molecule has 1 saturated heterocycles. The normalized spacial score (nSPS) is 21.8. The Kier molecular flexibility index (Phi) is 4.03. The van der Waals surface area contributed by atoms with Crippen LogP contribution in [0.15, 0.2) is 17.8 Å². The van der Waals surface area contributed by atoms with Crippen molar-refractivity contribution in [1.29, 1.82) is 0 Å². The predicted molar refractivity (Wildman–Crippen MR) is 80.8 cm³/mol. The molecule has 0 amide bonds. The molecule has 6 nitrogen and oxygen atoms in total. The van der Waals surface area contributed by atoms with Crippen LogP contribution in [0.5, 0.6) is 0 Å². The van der Waals surface area contributed by atoms with Crippen molar-refractivity contribution in [3.63, 3.8) is 0 Å². The molecule has 7 heteroatoms. The van der Waals surface area contributed by atoms with Crippen LogP contribution in [0.25, 0.3) is 10.2 Å². The number of aliphatic carboxylic acids is 1. The van der Waals surface area contributed by atoms with E-state index < -0.39 is 11.9 Å². The number of fused-ring (bicyclic) bond motifs is 1. The third kappa shape index (κ3) is 2.58. The van der Waals surface area contributed by atoms with Gasteiger partial charge >= 0.3 is 5.97 Å². The molecule has 2 atom stereocenters. The minimum Gasteiger partial charge on any atom is -0.481 e. The Bertz CT molecular complexity index is 645. The zero-order valence-electron chi connectivity index (χ0n) is 11.7. The Morgan fingerprint density at radius 1 is 1.52 bits per heavy atom. The smallest absolute Gasteiger partial charge is 0.311 e. The van der Waals surface area contributed by atoms with Gasteiger partial charge in [-0.05, 0) is 17.9 Å². The number of hydrogen-bond acceptors (Lipinski definition) is 6. The summed E-state index contributed by atoms with van der Waals surface area (Å²) in [7, 11) is 0. The highest BCUT2D eigenvalue weighted by Crippen LogP contribution is 2.31. The Balaban J connectivity index is 2.01. The second kappa shape index (κ2) is 5.95. The molecule has 1 aliphatic heterocycles. The van der Waals surface area contributed by atoms with E-state index in [1.54, 1.807) is 17.7 Å². The van der Waals surface area contributed by atoms with Crippen molar-refractivity contribution >= 4 is 33.3 Å². The van der Waals surface area contributed by atoms with Gasteiger partial charge in [0, 0.05) is 6.54 Å². The fourth-order valence-electron chi connectivity index (χ4n) is 2.76. The maximum Gasteiger partial charge on any atom is 0.311 e. The van der Waals surface area contributed by atoms with E-state index in [0.717, 1.165) is 29.0 Å². The molecule has 0 bridgehead atoms. The van der Waals surface area contributed by atoms with Crippen LogP contribution in [-0.4, -0.2) is 46.8 Å². The Morgan fingerprint density at radius 3 is 3.14 bits per heavy atom. The first kappa shape index (κ1) is 14.2. The largest absolute Gasteiger partial charge is 0.481 e. The summed E-state index contributed by atoms with van der Waals surface area (Å²) in [5, 5.41) is 12.3. The first-order valence-corrected chi connectivity index (χ1v) is 7.85. The molecule has 2 aromatic rings. The number of carboxylic acid groups (broad SMARTS) is 1. The number of rotatable bonds is 5. The average Bonchev–Trinajstić information content (AvgIpc) is 3.12. The predicted octanol–water partition coefficient (Wildman–Crippen LogP) is 2.01. The maximum absolute atomic E-state index is 11.4. The SMILES string of the molecule is CCCN(c1ncnc2sccc12)C1COCC1C(=O)O. The molecule has 112 valence electrons. The van der Waals surface area contributed by atoms with E-state index in [1.165, 1.54) is 0 Å². The van der Waals surface area contributed by atoms with Crippen LogP contribution >= 0.6 is 11.3 Å². The molecule has 21 heavy (non-hydrogen) atoms. The lowest BCUT2D eigenvalue weighted by Gasteiger charge is -2.31. The van der Waals surface area contributed by atoms with Crippen LogP contribution in [-0.2, 0) is 9.53 Å². The summed E-state index contributed by atoms with van der Waals surface area (Å²) in [6.45, 7) is 3.51. The minimum atomic E-state index is -0.811. The highest BCUT2D eigenvalue weighted by Gasteiger charge is 2.38. The third-order valence-electron chi connectivity index (χ3n) is 3.75. The molecule has 0 aromatic carbocycles. The van der Waals surface area contributed by atoms with Gasteiger partial charge in [-0.2, -0.15) is 0 Å². The number of thiophene rings is 1. The molecule has 2 aromatic heterocycles. The second-order valence-electron chi connectivity index (χ2n) is 5.08. The number of anilines is 1. The molecular weight excluding hydrogens is 290 g/mol. The molecule has 2 unspecified atom stereocenters. The Hall–Kier alpha value is -1.73. The molecule has 0 radical (unpaired) electrons. The minimum absolute atomic E-state index is 0.180.